The number of benzene rings is 3. The van der Waals surface area contributed by atoms with Crippen LogP contribution in [0, 0.1) is 6.92 Å². The molecule has 33 heavy (non-hydrogen) atoms. The molecule has 5 nitrogen and oxygen atoms in total. The molecule has 0 fully saturated rings. The number of thiazole rings is 1. The molecule has 4 aromatic rings. The molecule has 0 atom stereocenters. The van der Waals surface area contributed by atoms with Gasteiger partial charge in [-0.3, -0.25) is 9.59 Å². The first-order valence-electron chi connectivity index (χ1n) is 9.83. The second kappa shape index (κ2) is 11.7. The van der Waals surface area contributed by atoms with Gasteiger partial charge >= 0.3 is 0 Å². The number of nitrogens with two attached hydrogens (primary N) is 1. The summed E-state index contributed by atoms with van der Waals surface area (Å²) in [5.74, 6) is 0.299. The Kier molecular flexibility index (Phi) is 8.91. The summed E-state index contributed by atoms with van der Waals surface area (Å²) >= 11 is 12.2. The lowest BCUT2D eigenvalue weighted by atomic mass is 10.2. The van der Waals surface area contributed by atoms with E-state index in [0.29, 0.717) is 16.5 Å². The fourth-order valence-electron chi connectivity index (χ4n) is 2.77. The van der Waals surface area contributed by atoms with E-state index in [4.69, 9.17) is 17.3 Å². The molecular weight excluding hydrogens is 542 g/mol. The van der Waals surface area contributed by atoms with Gasteiger partial charge in [0.1, 0.15) is 0 Å². The summed E-state index contributed by atoms with van der Waals surface area (Å²) in [5.41, 5.74) is 9.83. The summed E-state index contributed by atoms with van der Waals surface area (Å²) in [6, 6.07) is 18.4. The van der Waals surface area contributed by atoms with Crippen LogP contribution >= 0.6 is 50.6 Å². The first kappa shape index (κ1) is 25.2. The molecule has 0 saturated heterocycles. The Morgan fingerprint density at radius 3 is 2.61 bits per heavy atom. The first-order chi connectivity index (χ1) is 15.7. The van der Waals surface area contributed by atoms with Crippen LogP contribution in [0.3, 0.4) is 0 Å². The third-order valence-electron chi connectivity index (χ3n) is 4.45. The third kappa shape index (κ3) is 7.30. The molecule has 4 rings (SSSR count). The number of carbonyl (C=O) groups is 2. The number of hydrogen-bond acceptors (Lipinski definition) is 6. The Bertz CT molecular complexity index is 1310. The van der Waals surface area contributed by atoms with Crippen LogP contribution in [0.15, 0.2) is 69.5 Å². The molecule has 9 heteroatoms. The van der Waals surface area contributed by atoms with Crippen molar-refractivity contribution in [3.63, 3.8) is 0 Å². The number of rotatable bonds is 5. The van der Waals surface area contributed by atoms with Crippen LogP contribution in [-0.4, -0.2) is 22.4 Å². The van der Waals surface area contributed by atoms with Crippen molar-refractivity contribution in [1.82, 2.24) is 4.98 Å². The molecule has 0 unspecified atom stereocenters. The molecule has 1 aromatic heterocycles. The zero-order valence-electron chi connectivity index (χ0n) is 17.9. The van der Waals surface area contributed by atoms with Crippen LogP contribution in [0.5, 0.6) is 0 Å². The molecule has 0 bridgehead atoms. The van der Waals surface area contributed by atoms with Gasteiger partial charge in [0.25, 0.3) is 0 Å². The number of ketones is 1. The summed E-state index contributed by atoms with van der Waals surface area (Å²) in [6.07, 6.45) is 0. The quantitative estimate of drug-likeness (QED) is 0.152. The van der Waals surface area contributed by atoms with Crippen LogP contribution in [0.1, 0.15) is 22.8 Å². The molecule has 0 radical (unpaired) electrons. The highest BCUT2D eigenvalue weighted by Crippen LogP contribution is 2.31. The Labute approximate surface area is 213 Å². The number of carbonyl (C=O) groups excluding carboxylic acids is 2. The van der Waals surface area contributed by atoms with Crippen LogP contribution < -0.4 is 11.1 Å². The van der Waals surface area contributed by atoms with Gasteiger partial charge in [-0.15, -0.1) is 11.3 Å². The molecule has 0 aliphatic heterocycles. The Morgan fingerprint density at radius 1 is 1.15 bits per heavy atom. The van der Waals surface area contributed by atoms with Crippen molar-refractivity contribution in [3.8, 4) is 0 Å². The van der Waals surface area contributed by atoms with Crippen molar-refractivity contribution in [2.75, 3.05) is 16.8 Å². The average molecular weight is 563 g/mol. The van der Waals surface area contributed by atoms with Gasteiger partial charge in [-0.05, 0) is 55.8 Å². The smallest absolute Gasteiger partial charge is 0.234 e. The second-order valence-corrected chi connectivity index (χ2v) is 10.6. The Hall–Kier alpha value is -2.39. The summed E-state index contributed by atoms with van der Waals surface area (Å²) < 4.78 is 2.74. The number of halogens is 2. The molecular formula is C24H21BrClN3O2S2. The summed E-state index contributed by atoms with van der Waals surface area (Å²) in [7, 11) is 0. The van der Waals surface area contributed by atoms with Crippen LogP contribution in [-0.2, 0) is 4.79 Å². The molecule has 1 heterocycles. The number of nitrogen functional groups attached to an aromatic ring is 1. The highest BCUT2D eigenvalue weighted by atomic mass is 79.9. The maximum Gasteiger partial charge on any atom is 0.234 e. The zero-order valence-corrected chi connectivity index (χ0v) is 21.9. The predicted molar refractivity (Wildman–Crippen MR) is 144 cm³/mol. The molecule has 0 spiro atoms. The van der Waals surface area contributed by atoms with E-state index < -0.39 is 0 Å². The molecule has 0 aliphatic rings. The lowest BCUT2D eigenvalue weighted by Gasteiger charge is -2.08. The fraction of sp³-hybridized carbons (Fsp3) is 0.125. The third-order valence-corrected chi connectivity index (χ3v) is 7.53. The second-order valence-electron chi connectivity index (χ2n) is 7.04. The van der Waals surface area contributed by atoms with Gasteiger partial charge in [0, 0.05) is 26.4 Å². The summed E-state index contributed by atoms with van der Waals surface area (Å²) in [5, 5.41) is 3.48. The first-order valence-corrected chi connectivity index (χ1v) is 12.8. The highest BCUT2D eigenvalue weighted by molar-refractivity contribution is 9.10. The number of Topliss-reactive ketones (excluding diaryl/α,β-unsaturated/α-hetero) is 1. The van der Waals surface area contributed by atoms with Gasteiger partial charge < -0.3 is 11.1 Å². The van der Waals surface area contributed by atoms with Gasteiger partial charge in [-0.1, -0.05) is 63.6 Å². The van der Waals surface area contributed by atoms with Crippen molar-refractivity contribution >= 4 is 83.9 Å². The summed E-state index contributed by atoms with van der Waals surface area (Å²) in [6.45, 7) is 3.48. The lowest BCUT2D eigenvalue weighted by molar-refractivity contribution is -0.113. The highest BCUT2D eigenvalue weighted by Gasteiger charge is 2.10. The number of amides is 1. The number of aryl methyl sites for hydroxylation is 1. The number of aromatic nitrogens is 1. The van der Waals surface area contributed by atoms with E-state index in [9.17, 15) is 9.59 Å². The van der Waals surface area contributed by atoms with Crippen LogP contribution in [0.2, 0.25) is 5.02 Å². The van der Waals surface area contributed by atoms with Gasteiger partial charge in [0.05, 0.1) is 16.0 Å². The standard InChI is InChI=1S/C16H14ClN3OS2.C8H7BrO/c1-9-2-3-10(17)6-13(9)19-15(21)8-22-16-20-12-5-4-11(18)7-14(12)23-16;1-6(10)7-4-2-3-5-8(7)9/h2-7H,8,18H2,1H3,(H,19,21);2-5H,1H3. The number of thioether (sulfide) groups is 1. The van der Waals surface area contributed by atoms with Crippen LogP contribution in [0.4, 0.5) is 11.4 Å². The topological polar surface area (TPSA) is 85.1 Å². The minimum absolute atomic E-state index is 0.0841. The number of fused-ring (bicyclic) bond motifs is 1. The van der Waals surface area contributed by atoms with Gasteiger partial charge in [0.2, 0.25) is 5.91 Å². The number of nitrogens with zero attached hydrogens (tertiary/aromatic N) is 1. The van der Waals surface area contributed by atoms with E-state index in [1.54, 1.807) is 25.1 Å². The SMILES string of the molecule is CC(=O)c1ccccc1Br.Cc1ccc(Cl)cc1NC(=O)CSc1nc2ccc(N)cc2s1. The lowest BCUT2D eigenvalue weighted by Crippen LogP contribution is -2.14. The number of hydrogen-bond donors (Lipinski definition) is 2. The Morgan fingerprint density at radius 2 is 1.91 bits per heavy atom. The molecule has 1 amide bonds. The maximum absolute atomic E-state index is 12.1. The maximum atomic E-state index is 12.1. The number of anilines is 2. The van der Waals surface area contributed by atoms with Crippen molar-refractivity contribution in [1.29, 1.82) is 0 Å². The summed E-state index contributed by atoms with van der Waals surface area (Å²) in [4.78, 5) is 27.4. The monoisotopic (exact) mass is 561 g/mol. The predicted octanol–water partition coefficient (Wildman–Crippen LogP) is 7.22. The average Bonchev–Trinajstić information content (AvgIpc) is 3.17. The zero-order chi connectivity index (χ0) is 24.0. The van der Waals surface area contributed by atoms with Crippen molar-refractivity contribution in [2.24, 2.45) is 0 Å². The van der Waals surface area contributed by atoms with E-state index in [-0.39, 0.29) is 11.7 Å². The number of nitrogens with one attached hydrogen (secondary N) is 1. The van der Waals surface area contributed by atoms with E-state index in [1.807, 2.05) is 49.4 Å². The van der Waals surface area contributed by atoms with Crippen molar-refractivity contribution in [3.05, 3.63) is 81.3 Å². The largest absolute Gasteiger partial charge is 0.399 e. The van der Waals surface area contributed by atoms with Gasteiger partial charge in [-0.2, -0.15) is 0 Å². The molecule has 170 valence electrons. The molecule has 3 aromatic carbocycles. The molecule has 0 aliphatic carbocycles. The van der Waals surface area contributed by atoms with E-state index >= 15 is 0 Å². The van der Waals surface area contributed by atoms with E-state index in [0.717, 1.165) is 35.8 Å². The normalized spacial score (nSPS) is 10.4. The van der Waals surface area contributed by atoms with Crippen molar-refractivity contribution < 1.29 is 9.59 Å². The van der Waals surface area contributed by atoms with E-state index in [1.165, 1.54) is 23.1 Å². The molecule has 3 N–H and O–H groups in total. The van der Waals surface area contributed by atoms with Gasteiger partial charge in [0.15, 0.2) is 10.1 Å². The van der Waals surface area contributed by atoms with E-state index in [2.05, 4.69) is 26.2 Å². The minimum atomic E-state index is -0.0841. The Balaban J connectivity index is 0.000000257. The van der Waals surface area contributed by atoms with Crippen LogP contribution in [0.25, 0.3) is 10.2 Å². The minimum Gasteiger partial charge on any atom is -0.399 e. The fourth-order valence-corrected chi connectivity index (χ4v) is 5.42. The van der Waals surface area contributed by atoms with Gasteiger partial charge in [-0.25, -0.2) is 4.98 Å². The van der Waals surface area contributed by atoms with Crippen molar-refractivity contribution in [2.45, 2.75) is 18.2 Å². The molecule has 0 saturated carbocycles.